The van der Waals surface area contributed by atoms with Crippen LogP contribution in [0.4, 0.5) is 17.1 Å². The van der Waals surface area contributed by atoms with Crippen LogP contribution >= 0.6 is 11.8 Å². The van der Waals surface area contributed by atoms with Crippen molar-refractivity contribution in [2.45, 2.75) is 38.0 Å². The highest BCUT2D eigenvalue weighted by atomic mass is 32.2. The van der Waals surface area contributed by atoms with Crippen LogP contribution in [0.3, 0.4) is 0 Å². The highest BCUT2D eigenvalue weighted by Crippen LogP contribution is 2.42. The number of amides is 2. The molecule has 0 spiro atoms. The highest BCUT2D eigenvalue weighted by Gasteiger charge is 2.34. The number of carbonyl (C=O) groups excluding carboxylic acids is 2. The van der Waals surface area contributed by atoms with Gasteiger partial charge in [0.25, 0.3) is 0 Å². The normalized spacial score (nSPS) is 16.2. The second-order valence-corrected chi connectivity index (χ2v) is 8.53. The zero-order valence-corrected chi connectivity index (χ0v) is 18.2. The molecule has 1 saturated heterocycles. The summed E-state index contributed by atoms with van der Waals surface area (Å²) in [7, 11) is 4.00. The third-order valence-corrected chi connectivity index (χ3v) is 6.21. The lowest BCUT2D eigenvalue weighted by Crippen LogP contribution is -2.27. The van der Waals surface area contributed by atoms with Crippen LogP contribution in [0.25, 0.3) is 0 Å². The molecule has 2 amide bonds. The minimum absolute atomic E-state index is 0.0537. The Kier molecular flexibility index (Phi) is 7.20. The van der Waals surface area contributed by atoms with E-state index in [0.717, 1.165) is 41.9 Å². The van der Waals surface area contributed by atoms with Gasteiger partial charge in [0.15, 0.2) is 0 Å². The fourth-order valence-corrected chi connectivity index (χ4v) is 4.53. The van der Waals surface area contributed by atoms with Crippen molar-refractivity contribution in [3.05, 3.63) is 54.1 Å². The van der Waals surface area contributed by atoms with Crippen LogP contribution in [0.5, 0.6) is 0 Å². The van der Waals surface area contributed by atoms with E-state index in [0.29, 0.717) is 12.2 Å². The van der Waals surface area contributed by atoms with Crippen LogP contribution in [-0.4, -0.2) is 31.7 Å². The highest BCUT2D eigenvalue weighted by molar-refractivity contribution is 8.00. The Bertz CT molecular complexity index is 834. The Labute approximate surface area is 177 Å². The van der Waals surface area contributed by atoms with Crippen molar-refractivity contribution in [1.29, 1.82) is 0 Å². The zero-order chi connectivity index (χ0) is 20.8. The molecule has 1 heterocycles. The largest absolute Gasteiger partial charge is 0.378 e. The van der Waals surface area contributed by atoms with Crippen LogP contribution in [0.2, 0.25) is 0 Å². The molecule has 0 aromatic heterocycles. The Balaban J connectivity index is 1.70. The molecular weight excluding hydrogens is 382 g/mol. The van der Waals surface area contributed by atoms with Gasteiger partial charge >= 0.3 is 0 Å². The number of nitrogens with zero attached hydrogens (tertiary/aromatic N) is 2. The number of carbonyl (C=O) groups is 2. The zero-order valence-electron chi connectivity index (χ0n) is 17.4. The molecule has 0 aliphatic carbocycles. The Morgan fingerprint density at radius 1 is 1.10 bits per heavy atom. The lowest BCUT2D eigenvalue weighted by Gasteiger charge is -2.25. The minimum Gasteiger partial charge on any atom is -0.378 e. The lowest BCUT2D eigenvalue weighted by atomic mass is 10.1. The fraction of sp³-hybridized carbons (Fsp3) is 0.391. The number of thioether (sulfide) groups is 1. The van der Waals surface area contributed by atoms with Gasteiger partial charge in [-0.25, -0.2) is 0 Å². The summed E-state index contributed by atoms with van der Waals surface area (Å²) in [5.74, 6) is 0.640. The Morgan fingerprint density at radius 2 is 1.79 bits per heavy atom. The third-order valence-electron chi connectivity index (χ3n) is 5.00. The minimum atomic E-state index is -0.0537. The number of unbranched alkanes of at least 4 members (excludes halogenated alkanes) is 2. The summed E-state index contributed by atoms with van der Waals surface area (Å²) >= 11 is 1.63. The number of rotatable bonds is 8. The van der Waals surface area contributed by atoms with E-state index in [1.54, 1.807) is 11.8 Å². The maximum Gasteiger partial charge on any atom is 0.238 e. The van der Waals surface area contributed by atoms with Gasteiger partial charge in [-0.05, 0) is 48.4 Å². The van der Waals surface area contributed by atoms with Gasteiger partial charge < -0.3 is 10.2 Å². The molecule has 6 heteroatoms. The maximum absolute atomic E-state index is 12.6. The average Bonchev–Trinajstić information content (AvgIpc) is 3.10. The van der Waals surface area contributed by atoms with Crippen LogP contribution in [0.15, 0.2) is 48.5 Å². The van der Waals surface area contributed by atoms with Crippen molar-refractivity contribution in [3.8, 4) is 0 Å². The van der Waals surface area contributed by atoms with E-state index in [1.165, 1.54) is 0 Å². The van der Waals surface area contributed by atoms with E-state index >= 15 is 0 Å². The molecule has 2 aromatic rings. The van der Waals surface area contributed by atoms with Crippen LogP contribution in [0.1, 0.15) is 43.5 Å². The molecule has 0 saturated carbocycles. The first kappa shape index (κ1) is 21.2. The van der Waals surface area contributed by atoms with Crippen molar-refractivity contribution in [1.82, 2.24) is 0 Å². The van der Waals surface area contributed by atoms with Gasteiger partial charge in [-0.15, -0.1) is 11.8 Å². The third kappa shape index (κ3) is 5.32. The van der Waals surface area contributed by atoms with Crippen LogP contribution < -0.4 is 15.1 Å². The number of hydrogen-bond acceptors (Lipinski definition) is 4. The summed E-state index contributed by atoms with van der Waals surface area (Å²) in [5.41, 5.74) is 3.86. The maximum atomic E-state index is 12.6. The van der Waals surface area contributed by atoms with E-state index in [-0.39, 0.29) is 17.2 Å². The molecule has 1 N–H and O–H groups in total. The summed E-state index contributed by atoms with van der Waals surface area (Å²) in [6.45, 7) is 2.13. The van der Waals surface area contributed by atoms with E-state index in [4.69, 9.17) is 0 Å². The lowest BCUT2D eigenvalue weighted by molar-refractivity contribution is -0.116. The molecule has 154 valence electrons. The number of nitrogens with one attached hydrogen (secondary N) is 1. The van der Waals surface area contributed by atoms with Gasteiger partial charge in [0.1, 0.15) is 5.37 Å². The van der Waals surface area contributed by atoms with Gasteiger partial charge in [0.05, 0.1) is 5.75 Å². The van der Waals surface area contributed by atoms with E-state index in [9.17, 15) is 9.59 Å². The van der Waals surface area contributed by atoms with Crippen molar-refractivity contribution in [2.24, 2.45) is 0 Å². The first-order valence-electron chi connectivity index (χ1n) is 10.1. The number of benzene rings is 2. The first-order valence-corrected chi connectivity index (χ1v) is 11.2. The quantitative estimate of drug-likeness (QED) is 0.618. The number of hydrogen-bond donors (Lipinski definition) is 1. The molecule has 0 unspecified atom stereocenters. The first-order chi connectivity index (χ1) is 14.0. The molecule has 1 atom stereocenters. The topological polar surface area (TPSA) is 52.7 Å². The molecule has 0 radical (unpaired) electrons. The summed E-state index contributed by atoms with van der Waals surface area (Å²) in [6.07, 6.45) is 3.65. The predicted octanol–water partition coefficient (Wildman–Crippen LogP) is 5.05. The van der Waals surface area contributed by atoms with E-state index in [1.807, 2.05) is 72.4 Å². The van der Waals surface area contributed by atoms with Gasteiger partial charge in [-0.2, -0.15) is 0 Å². The van der Waals surface area contributed by atoms with Gasteiger partial charge in [-0.3, -0.25) is 14.5 Å². The Morgan fingerprint density at radius 3 is 2.41 bits per heavy atom. The molecule has 1 fully saturated rings. The monoisotopic (exact) mass is 411 g/mol. The molecule has 0 bridgehead atoms. The SMILES string of the molecule is CCCCCC(=O)Nc1ccc([C@@H]2SCC(=O)N2c2ccc(N(C)C)cc2)cc1. The van der Waals surface area contributed by atoms with Crippen molar-refractivity contribution >= 4 is 40.6 Å². The summed E-state index contributed by atoms with van der Waals surface area (Å²) < 4.78 is 0. The second-order valence-electron chi connectivity index (χ2n) is 7.47. The van der Waals surface area contributed by atoms with Crippen molar-refractivity contribution in [3.63, 3.8) is 0 Å². The van der Waals surface area contributed by atoms with Crippen molar-refractivity contribution < 1.29 is 9.59 Å². The molecule has 1 aliphatic rings. The summed E-state index contributed by atoms with van der Waals surface area (Å²) in [6, 6.07) is 15.9. The smallest absolute Gasteiger partial charge is 0.238 e. The van der Waals surface area contributed by atoms with Crippen LogP contribution in [0, 0.1) is 0 Å². The van der Waals surface area contributed by atoms with E-state index < -0.39 is 0 Å². The van der Waals surface area contributed by atoms with Crippen LogP contribution in [-0.2, 0) is 9.59 Å². The second kappa shape index (κ2) is 9.83. The fourth-order valence-electron chi connectivity index (χ4n) is 3.35. The average molecular weight is 412 g/mol. The van der Waals surface area contributed by atoms with Gasteiger partial charge in [0.2, 0.25) is 11.8 Å². The molecule has 5 nitrogen and oxygen atoms in total. The standard InChI is InChI=1S/C23H29N3O2S/c1-4-5-6-7-21(27)24-18-10-8-17(9-11-18)23-26(22(28)16-29-23)20-14-12-19(13-15-20)25(2)3/h8-15,23H,4-7,16H2,1-3H3,(H,24,27)/t23-/m0/s1. The van der Waals surface area contributed by atoms with Gasteiger partial charge in [-0.1, -0.05) is 31.9 Å². The van der Waals surface area contributed by atoms with Gasteiger partial charge in [0, 0.05) is 37.6 Å². The summed E-state index contributed by atoms with van der Waals surface area (Å²) in [4.78, 5) is 28.5. The number of anilines is 3. The molecular formula is C23H29N3O2S. The predicted molar refractivity (Wildman–Crippen MR) is 123 cm³/mol. The molecule has 29 heavy (non-hydrogen) atoms. The molecule has 3 rings (SSSR count). The summed E-state index contributed by atoms with van der Waals surface area (Å²) in [5, 5.41) is 2.90. The van der Waals surface area contributed by atoms with Crippen molar-refractivity contribution in [2.75, 3.05) is 35.0 Å². The molecule has 1 aliphatic heterocycles. The molecule has 2 aromatic carbocycles. The van der Waals surface area contributed by atoms with E-state index in [2.05, 4.69) is 12.2 Å². The Hall–Kier alpha value is -2.47.